The summed E-state index contributed by atoms with van der Waals surface area (Å²) < 4.78 is 16.1. The fourth-order valence-corrected chi connectivity index (χ4v) is 3.78. The Morgan fingerprint density at radius 3 is 1.70 bits per heavy atom. The van der Waals surface area contributed by atoms with Crippen molar-refractivity contribution < 1.29 is 48.1 Å². The van der Waals surface area contributed by atoms with Gasteiger partial charge in [-0.25, -0.2) is 14.4 Å². The molecule has 0 aromatic carbocycles. The maximum absolute atomic E-state index is 13.3. The van der Waals surface area contributed by atoms with E-state index in [9.17, 15) is 33.9 Å². The van der Waals surface area contributed by atoms with Crippen LogP contribution in [0.25, 0.3) is 0 Å². The molecule has 0 aromatic heterocycles. The van der Waals surface area contributed by atoms with Crippen molar-refractivity contribution in [2.45, 2.75) is 142 Å². The van der Waals surface area contributed by atoms with E-state index in [1.54, 1.807) is 69.2 Å². The molecular weight excluding hydrogens is 604 g/mol. The highest BCUT2D eigenvalue weighted by molar-refractivity contribution is 5.94. The van der Waals surface area contributed by atoms with E-state index in [0.717, 1.165) is 0 Å². The lowest BCUT2D eigenvalue weighted by Crippen LogP contribution is -2.61. The van der Waals surface area contributed by atoms with E-state index in [2.05, 4.69) is 26.6 Å². The van der Waals surface area contributed by atoms with Crippen molar-refractivity contribution in [2.24, 2.45) is 5.73 Å². The smallest absolute Gasteiger partial charge is 0.407 e. The number of hydrogen-bond acceptors (Lipinski definition) is 10. The summed E-state index contributed by atoms with van der Waals surface area (Å²) in [5.41, 5.74) is 3.83. The second-order valence-corrected chi connectivity index (χ2v) is 14.0. The Bertz CT molecular complexity index is 1050. The van der Waals surface area contributed by atoms with Gasteiger partial charge in [0.1, 0.15) is 35.4 Å². The summed E-state index contributed by atoms with van der Waals surface area (Å²) in [6.07, 6.45) is -1.36. The van der Waals surface area contributed by atoms with Gasteiger partial charge in [0.05, 0.1) is 11.7 Å². The molecule has 0 saturated heterocycles. The number of nitrogens with one attached hydrogen (secondary N) is 5. The number of carboxylic acids is 1. The van der Waals surface area contributed by atoms with E-state index < -0.39 is 83.0 Å². The molecule has 0 bridgehead atoms. The SMILES string of the molecule is C[C@H](NC(=O)[C@@H](NC(=O)[C@@H](N)CNC(=O)OC(C)(C)C)[C@@H](C)OC(C)(C)C)C(=O)N[C@@H](CCCCNC(=O)OC(C)(C)C)C(=O)O. The molecule has 46 heavy (non-hydrogen) atoms. The van der Waals surface area contributed by atoms with Gasteiger partial charge in [0.25, 0.3) is 0 Å². The summed E-state index contributed by atoms with van der Waals surface area (Å²) in [4.78, 5) is 74.5. The Morgan fingerprint density at radius 2 is 1.22 bits per heavy atom. The van der Waals surface area contributed by atoms with Crippen molar-refractivity contribution in [1.29, 1.82) is 0 Å². The monoisotopic (exact) mass is 660 g/mol. The Hall–Kier alpha value is -3.66. The maximum Gasteiger partial charge on any atom is 0.407 e. The summed E-state index contributed by atoms with van der Waals surface area (Å²) in [5, 5.41) is 22.0. The van der Waals surface area contributed by atoms with Gasteiger partial charge < -0.3 is 51.6 Å². The summed E-state index contributed by atoms with van der Waals surface area (Å²) in [7, 11) is 0. The first-order valence-corrected chi connectivity index (χ1v) is 15.3. The summed E-state index contributed by atoms with van der Waals surface area (Å²) in [5.74, 6) is -3.58. The van der Waals surface area contributed by atoms with E-state index in [1.165, 1.54) is 6.92 Å². The van der Waals surface area contributed by atoms with E-state index in [4.69, 9.17) is 19.9 Å². The minimum atomic E-state index is -1.30. The van der Waals surface area contributed by atoms with Crippen LogP contribution < -0.4 is 32.3 Å². The number of ether oxygens (including phenoxy) is 3. The first-order chi connectivity index (χ1) is 20.8. The zero-order valence-electron chi connectivity index (χ0n) is 29.1. The van der Waals surface area contributed by atoms with Crippen molar-refractivity contribution in [2.75, 3.05) is 13.1 Å². The van der Waals surface area contributed by atoms with Gasteiger partial charge in [-0.05, 0) is 95.4 Å². The van der Waals surface area contributed by atoms with Gasteiger partial charge in [-0.2, -0.15) is 0 Å². The highest BCUT2D eigenvalue weighted by Gasteiger charge is 2.34. The van der Waals surface area contributed by atoms with Crippen LogP contribution >= 0.6 is 0 Å². The van der Waals surface area contributed by atoms with Gasteiger partial charge in [0.15, 0.2) is 0 Å². The molecule has 0 spiro atoms. The zero-order chi connectivity index (χ0) is 36.0. The van der Waals surface area contributed by atoms with Gasteiger partial charge in [0.2, 0.25) is 17.7 Å². The molecular formula is C30H56N6O10. The number of unbranched alkanes of at least 4 members (excludes halogenated alkanes) is 1. The predicted molar refractivity (Wildman–Crippen MR) is 170 cm³/mol. The van der Waals surface area contributed by atoms with Crippen molar-refractivity contribution in [3.8, 4) is 0 Å². The van der Waals surface area contributed by atoms with Crippen molar-refractivity contribution in [3.63, 3.8) is 0 Å². The van der Waals surface area contributed by atoms with Crippen molar-refractivity contribution in [3.05, 3.63) is 0 Å². The van der Waals surface area contributed by atoms with Gasteiger partial charge in [-0.1, -0.05) is 0 Å². The molecule has 16 heteroatoms. The summed E-state index contributed by atoms with van der Waals surface area (Å²) >= 11 is 0. The average Bonchev–Trinajstić information content (AvgIpc) is 2.85. The normalized spacial score (nSPS) is 15.2. The summed E-state index contributed by atoms with van der Waals surface area (Å²) in [6.45, 7) is 18.4. The third kappa shape index (κ3) is 19.7. The quantitative estimate of drug-likeness (QED) is 0.116. The van der Waals surface area contributed by atoms with Crippen LogP contribution in [0.5, 0.6) is 0 Å². The topological polar surface area (TPSA) is 237 Å². The van der Waals surface area contributed by atoms with Gasteiger partial charge in [-0.3, -0.25) is 14.4 Å². The van der Waals surface area contributed by atoms with Gasteiger partial charge >= 0.3 is 18.2 Å². The Labute approximate surface area is 272 Å². The number of alkyl carbamates (subject to hydrolysis) is 2. The van der Waals surface area contributed by atoms with E-state index >= 15 is 0 Å². The number of carboxylic acid groups (broad SMARTS) is 1. The Balaban J connectivity index is 5.27. The lowest BCUT2D eigenvalue weighted by Gasteiger charge is -2.32. The largest absolute Gasteiger partial charge is 0.480 e. The molecule has 0 fully saturated rings. The highest BCUT2D eigenvalue weighted by atomic mass is 16.6. The highest BCUT2D eigenvalue weighted by Crippen LogP contribution is 2.14. The number of nitrogens with two attached hydrogens (primary N) is 1. The van der Waals surface area contributed by atoms with Gasteiger partial charge in [-0.15, -0.1) is 0 Å². The van der Waals surface area contributed by atoms with E-state index in [1.807, 2.05) is 0 Å². The number of rotatable bonds is 16. The number of amides is 5. The van der Waals surface area contributed by atoms with Crippen molar-refractivity contribution >= 4 is 35.9 Å². The minimum Gasteiger partial charge on any atom is -0.480 e. The fourth-order valence-electron chi connectivity index (χ4n) is 3.78. The molecule has 266 valence electrons. The van der Waals surface area contributed by atoms with Gasteiger partial charge in [0, 0.05) is 13.1 Å². The van der Waals surface area contributed by atoms with Crippen molar-refractivity contribution in [1.82, 2.24) is 26.6 Å². The molecule has 0 radical (unpaired) electrons. The number of hydrogen-bond donors (Lipinski definition) is 7. The minimum absolute atomic E-state index is 0.0715. The second-order valence-electron chi connectivity index (χ2n) is 14.0. The van der Waals surface area contributed by atoms with E-state index in [-0.39, 0.29) is 19.5 Å². The van der Waals surface area contributed by atoms with Crippen LogP contribution in [-0.4, -0.2) is 101 Å². The fraction of sp³-hybridized carbons (Fsp3) is 0.800. The van der Waals surface area contributed by atoms with Crippen LogP contribution in [0.4, 0.5) is 9.59 Å². The lowest BCUT2D eigenvalue weighted by molar-refractivity contribution is -0.143. The standard InChI is InChI=1S/C30H56N6O10/c1-17(22(37)35-20(25(40)41)14-12-13-15-32-26(42)45-29(6,7)8)34-24(39)21(18(2)44-28(3,4)5)36-23(38)19(31)16-33-27(43)46-30(9,10)11/h17-21H,12-16,31H2,1-11H3,(H,32,42)(H,33,43)(H,34,39)(H,35,37)(H,36,38)(H,40,41)/t17-,18+,19-,20-,21-/m0/s1. The third-order valence-corrected chi connectivity index (χ3v) is 5.75. The molecule has 0 aliphatic heterocycles. The molecule has 5 amide bonds. The maximum atomic E-state index is 13.3. The number of carbonyl (C=O) groups is 6. The van der Waals surface area contributed by atoms with Crippen LogP contribution in [0.15, 0.2) is 0 Å². The first kappa shape index (κ1) is 42.3. The molecule has 0 aromatic rings. The predicted octanol–water partition coefficient (Wildman–Crippen LogP) is 1.30. The van der Waals surface area contributed by atoms with Crippen LogP contribution in [0, 0.1) is 0 Å². The number of aliphatic carboxylic acids is 1. The molecule has 16 nitrogen and oxygen atoms in total. The average molecular weight is 661 g/mol. The first-order valence-electron chi connectivity index (χ1n) is 15.3. The molecule has 0 unspecified atom stereocenters. The second kappa shape index (κ2) is 18.5. The van der Waals surface area contributed by atoms with E-state index in [0.29, 0.717) is 12.8 Å². The third-order valence-electron chi connectivity index (χ3n) is 5.75. The molecule has 5 atom stereocenters. The molecule has 8 N–H and O–H groups in total. The lowest BCUT2D eigenvalue weighted by atomic mass is 10.1. The van der Waals surface area contributed by atoms with Crippen LogP contribution in [-0.2, 0) is 33.4 Å². The van der Waals surface area contributed by atoms with Crippen LogP contribution in [0.3, 0.4) is 0 Å². The molecule has 0 rings (SSSR count). The molecule has 0 heterocycles. The Kier molecular flexibility index (Phi) is 17.0. The van der Waals surface area contributed by atoms with Crippen LogP contribution in [0.1, 0.15) is 95.4 Å². The summed E-state index contributed by atoms with van der Waals surface area (Å²) in [6, 6.07) is -4.99. The Morgan fingerprint density at radius 1 is 0.696 bits per heavy atom. The van der Waals surface area contributed by atoms with Crippen LogP contribution in [0.2, 0.25) is 0 Å². The molecule has 0 aliphatic carbocycles. The number of carbonyl (C=O) groups excluding carboxylic acids is 5. The molecule has 0 aliphatic rings. The zero-order valence-corrected chi connectivity index (χ0v) is 29.1. The molecule has 0 saturated carbocycles.